The Hall–Kier alpha value is -2.99. The Morgan fingerprint density at radius 1 is 0.963 bits per heavy atom. The number of carboxylic acids is 1. The van der Waals surface area contributed by atoms with Crippen molar-refractivity contribution in [2.24, 2.45) is 0 Å². The molecule has 27 heavy (non-hydrogen) atoms. The molecule has 3 aromatic rings. The van der Waals surface area contributed by atoms with Gasteiger partial charge < -0.3 is 5.11 Å². The van der Waals surface area contributed by atoms with Crippen molar-refractivity contribution in [1.29, 1.82) is 0 Å². The number of carbonyl (C=O) groups excluding carboxylic acids is 1. The molecule has 2 aromatic carbocycles. The molecule has 1 heterocycles. The molecule has 1 aromatic heterocycles. The molecule has 0 fully saturated rings. The summed E-state index contributed by atoms with van der Waals surface area (Å²) < 4.78 is 12.9. The molecule has 0 aliphatic rings. The molecule has 0 unspecified atom stereocenters. The summed E-state index contributed by atoms with van der Waals surface area (Å²) in [6, 6.07) is 16.1. The number of rotatable bonds is 7. The van der Waals surface area contributed by atoms with Crippen LogP contribution in [-0.2, 0) is 12.2 Å². The van der Waals surface area contributed by atoms with Crippen molar-refractivity contribution in [2.45, 2.75) is 17.2 Å². The van der Waals surface area contributed by atoms with Crippen LogP contribution in [0.4, 0.5) is 4.39 Å². The van der Waals surface area contributed by atoms with Crippen LogP contribution < -0.4 is 0 Å². The second-order valence-electron chi connectivity index (χ2n) is 5.91. The molecule has 0 aliphatic carbocycles. The monoisotopic (exact) mass is 381 g/mol. The maximum atomic E-state index is 12.9. The summed E-state index contributed by atoms with van der Waals surface area (Å²) in [6.07, 6.45) is 1.72. The van der Waals surface area contributed by atoms with Crippen LogP contribution in [-0.4, -0.2) is 21.8 Å². The SMILES string of the molecule is O=C(O)c1cccc(CSc2ccc(C(=O)Cc3ccc(F)cc3)cn2)c1. The molecule has 0 radical (unpaired) electrons. The lowest BCUT2D eigenvalue weighted by Gasteiger charge is -2.05. The zero-order valence-electron chi connectivity index (χ0n) is 14.3. The van der Waals surface area contributed by atoms with Crippen LogP contribution in [0.25, 0.3) is 0 Å². The summed E-state index contributed by atoms with van der Waals surface area (Å²) in [5, 5.41) is 9.77. The number of aromatic carboxylic acids is 1. The Kier molecular flexibility index (Phi) is 5.98. The first kappa shape index (κ1) is 18.8. The van der Waals surface area contributed by atoms with E-state index in [4.69, 9.17) is 5.11 Å². The molecule has 0 atom stereocenters. The molecule has 4 nitrogen and oxygen atoms in total. The van der Waals surface area contributed by atoms with Gasteiger partial charge in [0.05, 0.1) is 10.6 Å². The minimum atomic E-state index is -0.955. The lowest BCUT2D eigenvalue weighted by atomic mass is 10.0. The van der Waals surface area contributed by atoms with Gasteiger partial charge in [-0.2, -0.15) is 0 Å². The van der Waals surface area contributed by atoms with E-state index in [2.05, 4.69) is 4.98 Å². The molecule has 0 aliphatic heterocycles. The first-order valence-electron chi connectivity index (χ1n) is 8.20. The van der Waals surface area contributed by atoms with Gasteiger partial charge in [-0.05, 0) is 47.5 Å². The Morgan fingerprint density at radius 2 is 1.74 bits per heavy atom. The molecule has 3 rings (SSSR count). The summed E-state index contributed by atoms with van der Waals surface area (Å²) in [7, 11) is 0. The van der Waals surface area contributed by atoms with Crippen molar-refractivity contribution in [1.82, 2.24) is 4.98 Å². The third kappa shape index (κ3) is 5.24. The number of pyridine rings is 1. The van der Waals surface area contributed by atoms with Gasteiger partial charge in [0.2, 0.25) is 0 Å². The summed E-state index contributed by atoms with van der Waals surface area (Å²) in [6.45, 7) is 0. The lowest BCUT2D eigenvalue weighted by molar-refractivity contribution is 0.0696. The number of thioether (sulfide) groups is 1. The normalized spacial score (nSPS) is 10.6. The lowest BCUT2D eigenvalue weighted by Crippen LogP contribution is -2.04. The average molecular weight is 381 g/mol. The second-order valence-corrected chi connectivity index (χ2v) is 6.90. The molecule has 136 valence electrons. The van der Waals surface area contributed by atoms with Crippen molar-refractivity contribution in [3.05, 3.63) is 94.9 Å². The minimum Gasteiger partial charge on any atom is -0.478 e. The summed E-state index contributed by atoms with van der Waals surface area (Å²) in [4.78, 5) is 27.6. The van der Waals surface area contributed by atoms with Gasteiger partial charge in [0.1, 0.15) is 5.82 Å². The maximum absolute atomic E-state index is 12.9. The maximum Gasteiger partial charge on any atom is 0.335 e. The topological polar surface area (TPSA) is 67.3 Å². The number of ketones is 1. The quantitative estimate of drug-likeness (QED) is 0.477. The molecule has 0 spiro atoms. The summed E-state index contributed by atoms with van der Waals surface area (Å²) in [5.74, 6) is -0.788. The van der Waals surface area contributed by atoms with Crippen LogP contribution >= 0.6 is 11.8 Å². The van der Waals surface area contributed by atoms with Crippen molar-refractivity contribution in [2.75, 3.05) is 0 Å². The zero-order chi connectivity index (χ0) is 19.2. The molecular formula is C21H16FNO3S. The largest absolute Gasteiger partial charge is 0.478 e. The van der Waals surface area contributed by atoms with E-state index in [0.717, 1.165) is 16.2 Å². The number of aromatic nitrogens is 1. The smallest absolute Gasteiger partial charge is 0.335 e. The van der Waals surface area contributed by atoms with Gasteiger partial charge in [-0.15, -0.1) is 11.8 Å². The minimum absolute atomic E-state index is 0.0835. The number of halogens is 1. The highest BCUT2D eigenvalue weighted by Gasteiger charge is 2.09. The zero-order valence-corrected chi connectivity index (χ0v) is 15.1. The molecular weight excluding hydrogens is 365 g/mol. The Morgan fingerprint density at radius 3 is 2.41 bits per heavy atom. The van der Waals surface area contributed by atoms with E-state index in [-0.39, 0.29) is 23.6 Å². The van der Waals surface area contributed by atoms with Crippen LogP contribution in [0.2, 0.25) is 0 Å². The molecule has 0 amide bonds. The molecule has 0 saturated heterocycles. The fraction of sp³-hybridized carbons (Fsp3) is 0.0952. The number of Topliss-reactive ketones (excluding diaryl/α,β-unsaturated/α-hetero) is 1. The standard InChI is InChI=1S/C21H16FNO3S/c22-18-7-4-14(5-8-18)11-19(24)17-6-9-20(23-12-17)27-13-15-2-1-3-16(10-15)21(25)26/h1-10,12H,11,13H2,(H,25,26). The van der Waals surface area contributed by atoms with Crippen molar-refractivity contribution >= 4 is 23.5 Å². The average Bonchev–Trinajstić information content (AvgIpc) is 2.68. The molecule has 6 heteroatoms. The van der Waals surface area contributed by atoms with E-state index in [9.17, 15) is 14.0 Å². The number of carboxylic acid groups (broad SMARTS) is 1. The fourth-order valence-corrected chi connectivity index (χ4v) is 3.26. The molecule has 0 bridgehead atoms. The third-order valence-corrected chi connectivity index (χ3v) is 4.91. The van der Waals surface area contributed by atoms with E-state index in [1.807, 2.05) is 6.07 Å². The van der Waals surface area contributed by atoms with E-state index in [0.29, 0.717) is 11.3 Å². The van der Waals surface area contributed by atoms with E-state index in [1.54, 1.807) is 42.5 Å². The number of hydrogen-bond donors (Lipinski definition) is 1. The van der Waals surface area contributed by atoms with E-state index < -0.39 is 5.97 Å². The van der Waals surface area contributed by atoms with Gasteiger partial charge in [0.15, 0.2) is 5.78 Å². The van der Waals surface area contributed by atoms with Crippen LogP contribution in [0.3, 0.4) is 0 Å². The van der Waals surface area contributed by atoms with Crippen LogP contribution in [0.15, 0.2) is 71.9 Å². The molecule has 0 saturated carbocycles. The number of benzene rings is 2. The third-order valence-electron chi connectivity index (χ3n) is 3.90. The van der Waals surface area contributed by atoms with Crippen LogP contribution in [0.5, 0.6) is 0 Å². The Balaban J connectivity index is 1.59. The van der Waals surface area contributed by atoms with Crippen LogP contribution in [0, 0.1) is 5.82 Å². The van der Waals surface area contributed by atoms with Gasteiger partial charge in [-0.3, -0.25) is 4.79 Å². The predicted molar refractivity (Wildman–Crippen MR) is 102 cm³/mol. The fourth-order valence-electron chi connectivity index (χ4n) is 2.47. The first-order chi connectivity index (χ1) is 13.0. The highest BCUT2D eigenvalue weighted by molar-refractivity contribution is 7.98. The number of carbonyl (C=O) groups is 2. The van der Waals surface area contributed by atoms with Gasteiger partial charge in [-0.1, -0.05) is 24.3 Å². The van der Waals surface area contributed by atoms with Crippen molar-refractivity contribution in [3.63, 3.8) is 0 Å². The Bertz CT molecular complexity index is 956. The van der Waals surface area contributed by atoms with Gasteiger partial charge in [-0.25, -0.2) is 14.2 Å². The van der Waals surface area contributed by atoms with E-state index in [1.165, 1.54) is 30.1 Å². The van der Waals surface area contributed by atoms with Gasteiger partial charge >= 0.3 is 5.97 Å². The summed E-state index contributed by atoms with van der Waals surface area (Å²) in [5.41, 5.74) is 2.38. The first-order valence-corrected chi connectivity index (χ1v) is 9.18. The van der Waals surface area contributed by atoms with Crippen molar-refractivity contribution < 1.29 is 19.1 Å². The van der Waals surface area contributed by atoms with E-state index >= 15 is 0 Å². The van der Waals surface area contributed by atoms with Crippen molar-refractivity contribution in [3.8, 4) is 0 Å². The van der Waals surface area contributed by atoms with Gasteiger partial charge in [0.25, 0.3) is 0 Å². The van der Waals surface area contributed by atoms with Gasteiger partial charge in [0, 0.05) is 23.9 Å². The van der Waals surface area contributed by atoms with Crippen LogP contribution in [0.1, 0.15) is 31.8 Å². The highest BCUT2D eigenvalue weighted by atomic mass is 32.2. The number of nitrogens with zero attached hydrogens (tertiary/aromatic N) is 1. The molecule has 1 N–H and O–H groups in total. The Labute approximate surface area is 160 Å². The predicted octanol–water partition coefficient (Wildman–Crippen LogP) is 4.64. The highest BCUT2D eigenvalue weighted by Crippen LogP contribution is 2.22. The number of hydrogen-bond acceptors (Lipinski definition) is 4. The summed E-state index contributed by atoms with van der Waals surface area (Å²) >= 11 is 1.46. The second kappa shape index (κ2) is 8.60.